The van der Waals surface area contributed by atoms with Crippen LogP contribution in [0.1, 0.15) is 12.5 Å². The SMILES string of the molecule is CC[SH]1C=C(c2cccc(OC)c2OC)C=C1[SH](=O)=O. The van der Waals surface area contributed by atoms with Gasteiger partial charge in [0, 0.05) is 5.56 Å². The summed E-state index contributed by atoms with van der Waals surface area (Å²) in [6.07, 6.45) is 1.75. The molecule has 0 N–H and O–H groups in total. The summed E-state index contributed by atoms with van der Waals surface area (Å²) in [4.78, 5) is 0. The Morgan fingerprint density at radius 2 is 1.95 bits per heavy atom. The Labute approximate surface area is 123 Å². The average Bonchev–Trinajstić information content (AvgIpc) is 2.90. The predicted octanol–water partition coefficient (Wildman–Crippen LogP) is 2.53. The minimum atomic E-state index is -2.52. The van der Waals surface area contributed by atoms with E-state index in [1.807, 2.05) is 30.5 Å². The summed E-state index contributed by atoms with van der Waals surface area (Å²) in [5.41, 5.74) is 1.75. The highest BCUT2D eigenvalue weighted by Gasteiger charge is 2.21. The largest absolute Gasteiger partial charge is 0.493 e. The maximum atomic E-state index is 11.3. The van der Waals surface area contributed by atoms with Gasteiger partial charge >= 0.3 is 0 Å². The van der Waals surface area contributed by atoms with E-state index in [9.17, 15) is 8.42 Å². The first-order valence-corrected chi connectivity index (χ1v) is 8.95. The van der Waals surface area contributed by atoms with Crippen molar-refractivity contribution < 1.29 is 17.9 Å². The molecule has 6 heteroatoms. The molecule has 0 saturated heterocycles. The standard InChI is InChI=1S/C14H18O4S2/c1-4-19-9-10(8-13(19)20(15)16)11-6-5-7-12(17-2)14(11)18-3/h5-9,19-20H,4H2,1-3H3. The van der Waals surface area contributed by atoms with Crippen molar-refractivity contribution in [3.8, 4) is 11.5 Å². The Morgan fingerprint density at radius 3 is 2.45 bits per heavy atom. The molecule has 0 saturated carbocycles. The number of allylic oxidation sites excluding steroid dienone is 2. The van der Waals surface area contributed by atoms with E-state index in [0.717, 1.165) is 16.9 Å². The molecule has 1 heterocycles. The van der Waals surface area contributed by atoms with Crippen molar-refractivity contribution >= 4 is 27.2 Å². The first kappa shape index (κ1) is 15.0. The zero-order chi connectivity index (χ0) is 14.7. The highest BCUT2D eigenvalue weighted by Crippen LogP contribution is 2.48. The van der Waals surface area contributed by atoms with E-state index < -0.39 is 21.6 Å². The first-order valence-electron chi connectivity index (χ1n) is 6.18. The Balaban J connectivity index is 2.53. The first-order chi connectivity index (χ1) is 9.62. The zero-order valence-corrected chi connectivity index (χ0v) is 13.4. The van der Waals surface area contributed by atoms with Gasteiger partial charge in [0.25, 0.3) is 0 Å². The van der Waals surface area contributed by atoms with Gasteiger partial charge in [-0.1, -0.05) is 19.1 Å². The van der Waals surface area contributed by atoms with Gasteiger partial charge in [0.1, 0.15) is 0 Å². The second-order valence-corrected chi connectivity index (χ2v) is 7.83. The smallest absolute Gasteiger partial charge is 0.172 e. The van der Waals surface area contributed by atoms with Crippen LogP contribution in [0.25, 0.3) is 5.57 Å². The van der Waals surface area contributed by atoms with Crippen molar-refractivity contribution in [2.45, 2.75) is 6.92 Å². The molecule has 4 nitrogen and oxygen atoms in total. The van der Waals surface area contributed by atoms with Crippen molar-refractivity contribution in [3.05, 3.63) is 39.5 Å². The third kappa shape index (κ3) is 2.71. The van der Waals surface area contributed by atoms with Crippen molar-refractivity contribution in [2.75, 3.05) is 20.0 Å². The molecule has 0 fully saturated rings. The van der Waals surface area contributed by atoms with Crippen LogP contribution in [0, 0.1) is 0 Å². The molecule has 1 aliphatic rings. The Hall–Kier alpha value is -1.40. The molecule has 2 rings (SSSR count). The molecule has 1 aromatic carbocycles. The summed E-state index contributed by atoms with van der Waals surface area (Å²) in [7, 11) is -0.0923. The molecule has 0 aromatic heterocycles. The summed E-state index contributed by atoms with van der Waals surface area (Å²) in [6.45, 7) is 2.00. The molecule has 0 amide bonds. The number of ether oxygens (including phenoxy) is 2. The molecule has 0 bridgehead atoms. The molecule has 0 spiro atoms. The van der Waals surface area contributed by atoms with Crippen molar-refractivity contribution in [1.29, 1.82) is 0 Å². The summed E-state index contributed by atoms with van der Waals surface area (Å²) < 4.78 is 33.8. The van der Waals surface area contributed by atoms with Gasteiger partial charge in [-0.25, -0.2) is 8.42 Å². The predicted molar refractivity (Wildman–Crippen MR) is 85.4 cm³/mol. The maximum Gasteiger partial charge on any atom is 0.172 e. The maximum absolute atomic E-state index is 11.3. The highest BCUT2D eigenvalue weighted by molar-refractivity contribution is 8.29. The molecule has 1 unspecified atom stereocenters. The van der Waals surface area contributed by atoms with Gasteiger partial charge < -0.3 is 9.47 Å². The van der Waals surface area contributed by atoms with E-state index in [4.69, 9.17) is 9.47 Å². The normalized spacial score (nSPS) is 19.7. The molecular formula is C14H18O4S2. The van der Waals surface area contributed by atoms with Crippen molar-refractivity contribution in [2.24, 2.45) is 0 Å². The summed E-state index contributed by atoms with van der Waals surface area (Å²) in [5, 5.41) is 2.03. The van der Waals surface area contributed by atoms with Crippen LogP contribution < -0.4 is 9.47 Å². The van der Waals surface area contributed by atoms with Gasteiger partial charge in [-0.3, -0.25) is 0 Å². The van der Waals surface area contributed by atoms with Crippen LogP contribution >= 0.6 is 10.9 Å². The van der Waals surface area contributed by atoms with E-state index in [2.05, 4.69) is 0 Å². The van der Waals surface area contributed by atoms with Crippen molar-refractivity contribution in [3.63, 3.8) is 0 Å². The lowest BCUT2D eigenvalue weighted by molar-refractivity contribution is 0.354. The fourth-order valence-electron chi connectivity index (χ4n) is 2.17. The van der Waals surface area contributed by atoms with Gasteiger partial charge in [-0.15, -0.1) is 0 Å². The summed E-state index contributed by atoms with van der Waals surface area (Å²) in [6, 6.07) is 5.60. The number of hydrogen-bond donors (Lipinski definition) is 2. The number of thiol groups is 2. The van der Waals surface area contributed by atoms with Gasteiger partial charge in [0.05, 0.1) is 18.5 Å². The molecule has 1 aliphatic heterocycles. The molecular weight excluding hydrogens is 296 g/mol. The van der Waals surface area contributed by atoms with Crippen LogP contribution in [0.4, 0.5) is 0 Å². The van der Waals surface area contributed by atoms with E-state index >= 15 is 0 Å². The van der Waals surface area contributed by atoms with Crippen LogP contribution in [0.3, 0.4) is 0 Å². The lowest BCUT2D eigenvalue weighted by Gasteiger charge is -2.12. The van der Waals surface area contributed by atoms with E-state index in [-0.39, 0.29) is 0 Å². The monoisotopic (exact) mass is 314 g/mol. The number of rotatable bonds is 5. The number of methoxy groups -OCH3 is 2. The minimum Gasteiger partial charge on any atom is -0.493 e. The van der Waals surface area contributed by atoms with Gasteiger partial charge in [0.15, 0.2) is 22.2 Å². The van der Waals surface area contributed by atoms with Gasteiger partial charge in [-0.05, 0) is 28.9 Å². The molecule has 110 valence electrons. The van der Waals surface area contributed by atoms with E-state index in [0.29, 0.717) is 15.7 Å². The topological polar surface area (TPSA) is 52.6 Å². The quantitative estimate of drug-likeness (QED) is 0.820. The van der Waals surface area contributed by atoms with Crippen LogP contribution in [0.15, 0.2) is 33.9 Å². The Bertz CT molecular complexity index is 637. The molecule has 0 aliphatic carbocycles. The lowest BCUT2D eigenvalue weighted by atomic mass is 10.1. The number of benzene rings is 1. The number of para-hydroxylation sites is 1. The van der Waals surface area contributed by atoms with Crippen LogP contribution in [-0.4, -0.2) is 28.4 Å². The average molecular weight is 314 g/mol. The summed E-state index contributed by atoms with van der Waals surface area (Å²) >= 11 is 0. The Morgan fingerprint density at radius 1 is 1.20 bits per heavy atom. The lowest BCUT2D eigenvalue weighted by Crippen LogP contribution is -1.94. The van der Waals surface area contributed by atoms with Gasteiger partial charge in [-0.2, -0.15) is 10.9 Å². The fourth-order valence-corrected chi connectivity index (χ4v) is 5.34. The Kier molecular flexibility index (Phi) is 4.77. The minimum absolute atomic E-state index is 0.525. The van der Waals surface area contributed by atoms with Crippen LogP contribution in [-0.2, 0) is 10.7 Å². The molecule has 1 aromatic rings. The molecule has 0 radical (unpaired) electrons. The number of hydrogen-bond acceptors (Lipinski definition) is 4. The third-order valence-electron chi connectivity index (χ3n) is 3.12. The van der Waals surface area contributed by atoms with Crippen LogP contribution in [0.5, 0.6) is 11.5 Å². The van der Waals surface area contributed by atoms with Crippen molar-refractivity contribution in [1.82, 2.24) is 0 Å². The zero-order valence-electron chi connectivity index (χ0n) is 11.6. The molecule has 1 atom stereocenters. The molecule has 20 heavy (non-hydrogen) atoms. The second-order valence-electron chi connectivity index (χ2n) is 4.17. The van der Waals surface area contributed by atoms with Crippen LogP contribution in [0.2, 0.25) is 0 Å². The second kappa shape index (κ2) is 6.37. The van der Waals surface area contributed by atoms with E-state index in [1.54, 1.807) is 20.3 Å². The highest BCUT2D eigenvalue weighted by atomic mass is 32.3. The third-order valence-corrected chi connectivity index (χ3v) is 6.87. The fraction of sp³-hybridized carbons (Fsp3) is 0.286. The summed E-state index contributed by atoms with van der Waals surface area (Å²) in [5.74, 6) is 2.09. The van der Waals surface area contributed by atoms with Gasteiger partial charge in [0.2, 0.25) is 0 Å². The van der Waals surface area contributed by atoms with E-state index in [1.165, 1.54) is 0 Å².